The highest BCUT2D eigenvalue weighted by molar-refractivity contribution is 5.49. The van der Waals surface area contributed by atoms with Gasteiger partial charge in [-0.2, -0.15) is 10.2 Å². The van der Waals surface area contributed by atoms with Crippen LogP contribution < -0.4 is 11.5 Å². The molecule has 5 aromatic heterocycles. The Balaban J connectivity index is 0.000000184. The molecule has 202 valence electrons. The van der Waals surface area contributed by atoms with Crippen LogP contribution in [0.1, 0.15) is 5.56 Å². The number of methoxy groups -OCH3 is 2. The van der Waals surface area contributed by atoms with Gasteiger partial charge in [0.15, 0.2) is 11.3 Å². The molecule has 39 heavy (non-hydrogen) atoms. The van der Waals surface area contributed by atoms with Gasteiger partial charge in [0.05, 0.1) is 13.1 Å². The van der Waals surface area contributed by atoms with Crippen LogP contribution in [0.2, 0.25) is 0 Å². The minimum atomic E-state index is -0.213. The summed E-state index contributed by atoms with van der Waals surface area (Å²) in [4.78, 5) is 19.9. The lowest BCUT2D eigenvalue weighted by atomic mass is 10.3. The van der Waals surface area contributed by atoms with Crippen LogP contribution in [0.25, 0.3) is 21.0 Å². The molecule has 5 heterocycles. The van der Waals surface area contributed by atoms with Gasteiger partial charge in [-0.1, -0.05) is 18.2 Å². The quantitative estimate of drug-likeness (QED) is 0.262. The van der Waals surface area contributed by atoms with Crippen LogP contribution in [0.15, 0.2) is 67.6 Å². The summed E-state index contributed by atoms with van der Waals surface area (Å²) >= 11 is 0. The lowest BCUT2D eigenvalue weighted by molar-refractivity contribution is -0.179. The fraction of sp³-hybridized carbons (Fsp3) is 0.240. The first kappa shape index (κ1) is 30.2. The van der Waals surface area contributed by atoms with Gasteiger partial charge in [0.25, 0.3) is 0 Å². The first-order valence-electron chi connectivity index (χ1n) is 11.3. The summed E-state index contributed by atoms with van der Waals surface area (Å²) in [5, 5.41) is 7.87. The number of anilines is 1. The number of nitrogens with zero attached hydrogens (tertiary/aromatic N) is 10. The van der Waals surface area contributed by atoms with E-state index >= 15 is 0 Å². The first-order valence-corrected chi connectivity index (χ1v) is 11.3. The fourth-order valence-electron chi connectivity index (χ4n) is 2.83. The number of aromatic nitrogens is 7. The van der Waals surface area contributed by atoms with Gasteiger partial charge in [0, 0.05) is 39.4 Å². The van der Waals surface area contributed by atoms with E-state index in [-0.39, 0.29) is 6.41 Å². The smallest absolute Gasteiger partial charge is 0.217 e. The number of ether oxygens (including phenoxy) is 2. The summed E-state index contributed by atoms with van der Waals surface area (Å²) in [7, 11) is 6.98. The molecule has 14 nitrogen and oxygen atoms in total. The van der Waals surface area contributed by atoms with Gasteiger partial charge in [0.2, 0.25) is 17.8 Å². The molecule has 0 aromatic carbocycles. The molecule has 4 N–H and O–H groups in total. The number of nitrogens with two attached hydrogens (primary N) is 2. The van der Waals surface area contributed by atoms with E-state index in [0.29, 0.717) is 23.7 Å². The molecular weight excluding hydrogens is 500 g/mol. The third kappa shape index (κ3) is 9.77. The first-order chi connectivity index (χ1) is 18.8. The van der Waals surface area contributed by atoms with Crippen LogP contribution in [0.3, 0.4) is 0 Å². The molecule has 0 aliphatic carbocycles. The fourth-order valence-corrected chi connectivity index (χ4v) is 2.83. The molecular formula is C25H30N12O2. The Morgan fingerprint density at radius 3 is 1.87 bits per heavy atom. The summed E-state index contributed by atoms with van der Waals surface area (Å²) < 4.78 is 13.0. The summed E-state index contributed by atoms with van der Waals surface area (Å²) in [5.74, 6) is 0.447. The number of nitrogen functional groups attached to an aromatic ring is 1. The van der Waals surface area contributed by atoms with Crippen molar-refractivity contribution in [3.63, 3.8) is 0 Å². The summed E-state index contributed by atoms with van der Waals surface area (Å²) in [6.07, 6.45) is 7.74. The van der Waals surface area contributed by atoms with E-state index in [4.69, 9.17) is 34.1 Å². The van der Waals surface area contributed by atoms with E-state index in [1.54, 1.807) is 53.7 Å². The van der Waals surface area contributed by atoms with Crippen molar-refractivity contribution in [2.24, 2.45) is 5.73 Å². The predicted molar refractivity (Wildman–Crippen MR) is 147 cm³/mol. The van der Waals surface area contributed by atoms with Crippen molar-refractivity contribution in [3.8, 4) is 0 Å². The topological polar surface area (TPSA) is 156 Å². The molecule has 5 rings (SSSR count). The molecule has 0 aliphatic heterocycles. The van der Waals surface area contributed by atoms with E-state index < -0.39 is 0 Å². The molecule has 0 spiro atoms. The molecule has 0 aliphatic rings. The highest BCUT2D eigenvalue weighted by Crippen LogP contribution is 2.11. The SMILES string of the molecule is COC(OC)N(C)C.NCc1ccc2ncnn2c1.[C-]#[N+]c1ccc(N)nc1.[C-]#[N+]c1ccc2ncnn2c1. The van der Waals surface area contributed by atoms with Crippen LogP contribution in [0.4, 0.5) is 17.2 Å². The van der Waals surface area contributed by atoms with Crippen molar-refractivity contribution < 1.29 is 9.47 Å². The Morgan fingerprint density at radius 1 is 0.846 bits per heavy atom. The molecule has 0 unspecified atom stereocenters. The second kappa shape index (κ2) is 16.0. The molecule has 5 aromatic rings. The normalized spacial score (nSPS) is 9.97. The minimum absolute atomic E-state index is 0.213. The molecule has 0 atom stereocenters. The zero-order chi connectivity index (χ0) is 28.6. The summed E-state index contributed by atoms with van der Waals surface area (Å²) in [5.41, 5.74) is 14.5. The Kier molecular flexibility index (Phi) is 12.4. The largest absolute Gasteiger partial charge is 0.384 e. The van der Waals surface area contributed by atoms with Crippen molar-refractivity contribution >= 4 is 28.5 Å². The second-order valence-corrected chi connectivity index (χ2v) is 7.66. The lowest BCUT2D eigenvalue weighted by Crippen LogP contribution is -2.30. The van der Waals surface area contributed by atoms with Crippen LogP contribution >= 0.6 is 0 Å². The summed E-state index contributed by atoms with van der Waals surface area (Å²) in [6.45, 7) is 13.8. The Morgan fingerprint density at radius 2 is 1.41 bits per heavy atom. The van der Waals surface area contributed by atoms with Gasteiger partial charge in [-0.05, 0) is 37.9 Å². The molecule has 14 heteroatoms. The zero-order valence-corrected chi connectivity index (χ0v) is 22.1. The van der Waals surface area contributed by atoms with Gasteiger partial charge >= 0.3 is 0 Å². The van der Waals surface area contributed by atoms with Gasteiger partial charge in [-0.25, -0.2) is 28.7 Å². The number of pyridine rings is 3. The Hall–Kier alpha value is -4.99. The average molecular weight is 531 g/mol. The Labute approximate surface area is 226 Å². The highest BCUT2D eigenvalue weighted by Gasteiger charge is 2.04. The number of rotatable bonds is 4. The van der Waals surface area contributed by atoms with Gasteiger partial charge in [-0.3, -0.25) is 9.88 Å². The average Bonchev–Trinajstić information content (AvgIpc) is 3.63. The van der Waals surface area contributed by atoms with E-state index in [1.807, 2.05) is 37.3 Å². The monoisotopic (exact) mass is 530 g/mol. The maximum absolute atomic E-state index is 6.74. The maximum atomic E-state index is 6.74. The van der Waals surface area contributed by atoms with Crippen molar-refractivity contribution in [3.05, 3.63) is 96.0 Å². The molecule has 0 amide bonds. The van der Waals surface area contributed by atoms with Crippen molar-refractivity contribution in [1.82, 2.24) is 39.1 Å². The third-order valence-electron chi connectivity index (χ3n) is 4.68. The zero-order valence-electron chi connectivity index (χ0n) is 22.1. The number of hydrogen-bond acceptors (Lipinski definition) is 10. The second-order valence-electron chi connectivity index (χ2n) is 7.66. The molecule has 0 fully saturated rings. The van der Waals surface area contributed by atoms with Crippen LogP contribution in [0, 0.1) is 13.1 Å². The van der Waals surface area contributed by atoms with Crippen molar-refractivity contribution in [2.45, 2.75) is 13.0 Å². The van der Waals surface area contributed by atoms with Gasteiger partial charge in [0.1, 0.15) is 18.5 Å². The Bertz CT molecular complexity index is 1500. The van der Waals surface area contributed by atoms with Gasteiger partial charge < -0.3 is 20.9 Å². The van der Waals surface area contributed by atoms with Gasteiger partial charge in [-0.15, -0.1) is 0 Å². The standard InChI is InChI=1S/C7H4N4.C7H8N4.C6H5N3.C5H13NO2/c1-8-6-2-3-7-9-5-10-11(7)4-6;8-3-6-1-2-7-9-5-10-11(7)4-6;1-8-5-2-3-6(7)9-4-5;1-6(2)5(7-3)8-4/h2-5H;1-2,4-5H,3,8H2;2-4H,(H2,7,9);5H,1-4H3. The highest BCUT2D eigenvalue weighted by atomic mass is 16.7. The molecule has 0 radical (unpaired) electrons. The number of fused-ring (bicyclic) bond motifs is 2. The van der Waals surface area contributed by atoms with Crippen LogP contribution in [0.5, 0.6) is 0 Å². The summed E-state index contributed by atoms with van der Waals surface area (Å²) in [6, 6.07) is 10.6. The van der Waals surface area contributed by atoms with Crippen molar-refractivity contribution in [2.75, 3.05) is 34.0 Å². The molecule has 0 saturated carbocycles. The predicted octanol–water partition coefficient (Wildman–Crippen LogP) is 2.81. The van der Waals surface area contributed by atoms with E-state index in [9.17, 15) is 0 Å². The van der Waals surface area contributed by atoms with E-state index in [0.717, 1.165) is 16.9 Å². The van der Waals surface area contributed by atoms with E-state index in [1.165, 1.54) is 18.9 Å². The minimum Gasteiger partial charge on any atom is -0.384 e. The maximum Gasteiger partial charge on any atom is 0.217 e. The number of hydrogen-bond donors (Lipinski definition) is 2. The lowest BCUT2D eigenvalue weighted by Gasteiger charge is -2.19. The molecule has 0 saturated heterocycles. The van der Waals surface area contributed by atoms with Crippen LogP contribution in [-0.4, -0.2) is 73.8 Å². The van der Waals surface area contributed by atoms with Crippen molar-refractivity contribution in [1.29, 1.82) is 0 Å². The third-order valence-corrected chi connectivity index (χ3v) is 4.68. The van der Waals surface area contributed by atoms with Crippen LogP contribution in [-0.2, 0) is 16.0 Å². The van der Waals surface area contributed by atoms with E-state index in [2.05, 4.69) is 34.8 Å². The molecule has 0 bridgehead atoms.